The van der Waals surface area contributed by atoms with Crippen molar-refractivity contribution >= 4 is 16.9 Å². The van der Waals surface area contributed by atoms with E-state index in [1.807, 2.05) is 6.92 Å². The van der Waals surface area contributed by atoms with Gasteiger partial charge in [0.15, 0.2) is 0 Å². The Labute approximate surface area is 85.5 Å². The first-order chi connectivity index (χ1) is 7.13. The Morgan fingerprint density at radius 2 is 2.27 bits per heavy atom. The van der Waals surface area contributed by atoms with Crippen LogP contribution in [-0.4, -0.2) is 16.1 Å². The SMILES string of the molecule is CCc1[nH]c2cc(F)ccc2c1C(=O)O. The van der Waals surface area contributed by atoms with Crippen molar-refractivity contribution in [1.29, 1.82) is 0 Å². The zero-order valence-corrected chi connectivity index (χ0v) is 8.17. The molecule has 2 aromatic rings. The van der Waals surface area contributed by atoms with Crippen molar-refractivity contribution < 1.29 is 14.3 Å². The number of fused-ring (bicyclic) bond motifs is 1. The number of carbonyl (C=O) groups is 1. The normalized spacial score (nSPS) is 10.8. The summed E-state index contributed by atoms with van der Waals surface area (Å²) in [5, 5.41) is 9.60. The first kappa shape index (κ1) is 9.71. The third-order valence-corrected chi connectivity index (χ3v) is 2.41. The molecule has 0 unspecified atom stereocenters. The maximum absolute atomic E-state index is 12.9. The predicted octanol–water partition coefficient (Wildman–Crippen LogP) is 2.57. The van der Waals surface area contributed by atoms with E-state index in [1.54, 1.807) is 0 Å². The minimum atomic E-state index is -0.982. The third-order valence-electron chi connectivity index (χ3n) is 2.41. The number of aryl methyl sites for hydroxylation is 1. The zero-order valence-electron chi connectivity index (χ0n) is 8.17. The van der Waals surface area contributed by atoms with E-state index in [0.717, 1.165) is 0 Å². The number of aromatic nitrogens is 1. The van der Waals surface area contributed by atoms with Crippen molar-refractivity contribution in [1.82, 2.24) is 4.98 Å². The molecule has 1 heterocycles. The van der Waals surface area contributed by atoms with E-state index >= 15 is 0 Å². The monoisotopic (exact) mass is 207 g/mol. The van der Waals surface area contributed by atoms with E-state index in [2.05, 4.69) is 4.98 Å². The number of aromatic carboxylic acids is 1. The number of hydrogen-bond donors (Lipinski definition) is 2. The molecule has 0 spiro atoms. The lowest BCUT2D eigenvalue weighted by molar-refractivity contribution is 0.0698. The highest BCUT2D eigenvalue weighted by molar-refractivity contribution is 6.04. The van der Waals surface area contributed by atoms with E-state index < -0.39 is 5.97 Å². The van der Waals surface area contributed by atoms with Crippen molar-refractivity contribution in [3.05, 3.63) is 35.3 Å². The molecule has 0 aliphatic carbocycles. The number of halogens is 1. The van der Waals surface area contributed by atoms with Crippen molar-refractivity contribution in [3.63, 3.8) is 0 Å². The Morgan fingerprint density at radius 3 is 2.87 bits per heavy atom. The van der Waals surface area contributed by atoms with Crippen LogP contribution in [0.3, 0.4) is 0 Å². The van der Waals surface area contributed by atoms with Crippen LogP contribution in [0.1, 0.15) is 23.0 Å². The fraction of sp³-hybridized carbons (Fsp3) is 0.182. The summed E-state index contributed by atoms with van der Waals surface area (Å²) in [6.45, 7) is 1.85. The quantitative estimate of drug-likeness (QED) is 0.795. The smallest absolute Gasteiger partial charge is 0.338 e. The Kier molecular flexibility index (Phi) is 2.19. The first-order valence-electron chi connectivity index (χ1n) is 4.67. The highest BCUT2D eigenvalue weighted by Gasteiger charge is 2.16. The van der Waals surface area contributed by atoms with Crippen LogP contribution in [0.15, 0.2) is 18.2 Å². The van der Waals surface area contributed by atoms with Gasteiger partial charge in [0.2, 0.25) is 0 Å². The summed E-state index contributed by atoms with van der Waals surface area (Å²) in [6.07, 6.45) is 0.581. The van der Waals surface area contributed by atoms with Crippen LogP contribution in [0.25, 0.3) is 10.9 Å². The van der Waals surface area contributed by atoms with Gasteiger partial charge in [0, 0.05) is 16.6 Å². The van der Waals surface area contributed by atoms with E-state index in [0.29, 0.717) is 23.0 Å². The van der Waals surface area contributed by atoms with Gasteiger partial charge in [-0.3, -0.25) is 0 Å². The van der Waals surface area contributed by atoms with Gasteiger partial charge in [-0.25, -0.2) is 9.18 Å². The molecule has 0 saturated heterocycles. The summed E-state index contributed by atoms with van der Waals surface area (Å²) >= 11 is 0. The summed E-state index contributed by atoms with van der Waals surface area (Å²) in [4.78, 5) is 13.9. The molecular weight excluding hydrogens is 197 g/mol. The number of nitrogens with one attached hydrogen (secondary N) is 1. The van der Waals surface area contributed by atoms with Crippen LogP contribution in [0, 0.1) is 5.82 Å². The number of hydrogen-bond acceptors (Lipinski definition) is 1. The van der Waals surface area contributed by atoms with Crippen LogP contribution in [-0.2, 0) is 6.42 Å². The van der Waals surface area contributed by atoms with Gasteiger partial charge in [-0.15, -0.1) is 0 Å². The molecule has 3 nitrogen and oxygen atoms in total. The Bertz CT molecular complexity index is 531. The number of carboxylic acid groups (broad SMARTS) is 1. The van der Waals surface area contributed by atoms with Crippen LogP contribution in [0.4, 0.5) is 4.39 Å². The number of H-pyrrole nitrogens is 1. The number of benzene rings is 1. The second-order valence-corrected chi connectivity index (χ2v) is 3.33. The zero-order chi connectivity index (χ0) is 11.0. The summed E-state index contributed by atoms with van der Waals surface area (Å²) in [7, 11) is 0. The second kappa shape index (κ2) is 3.38. The van der Waals surface area contributed by atoms with Gasteiger partial charge < -0.3 is 10.1 Å². The molecule has 0 bridgehead atoms. The molecule has 2 rings (SSSR count). The molecule has 0 saturated carbocycles. The van der Waals surface area contributed by atoms with Crippen LogP contribution < -0.4 is 0 Å². The van der Waals surface area contributed by atoms with E-state index in [1.165, 1.54) is 18.2 Å². The van der Waals surface area contributed by atoms with Gasteiger partial charge in [-0.05, 0) is 24.6 Å². The highest BCUT2D eigenvalue weighted by Crippen LogP contribution is 2.23. The Balaban J connectivity index is 2.80. The van der Waals surface area contributed by atoms with Gasteiger partial charge >= 0.3 is 5.97 Å². The first-order valence-corrected chi connectivity index (χ1v) is 4.67. The Morgan fingerprint density at radius 1 is 1.53 bits per heavy atom. The summed E-state index contributed by atoms with van der Waals surface area (Å²) < 4.78 is 12.9. The molecule has 78 valence electrons. The summed E-state index contributed by atoms with van der Waals surface area (Å²) in [5.74, 6) is -1.35. The van der Waals surface area contributed by atoms with Gasteiger partial charge in [-0.1, -0.05) is 6.92 Å². The lowest BCUT2D eigenvalue weighted by Crippen LogP contribution is -1.99. The lowest BCUT2D eigenvalue weighted by atomic mass is 10.1. The number of carboxylic acids is 1. The molecule has 4 heteroatoms. The minimum Gasteiger partial charge on any atom is -0.478 e. The molecule has 2 N–H and O–H groups in total. The largest absolute Gasteiger partial charge is 0.478 e. The topological polar surface area (TPSA) is 53.1 Å². The minimum absolute atomic E-state index is 0.243. The Hall–Kier alpha value is -1.84. The van der Waals surface area contributed by atoms with Gasteiger partial charge in [-0.2, -0.15) is 0 Å². The predicted molar refractivity (Wildman–Crippen MR) is 54.6 cm³/mol. The van der Waals surface area contributed by atoms with Crippen molar-refractivity contribution in [3.8, 4) is 0 Å². The second-order valence-electron chi connectivity index (χ2n) is 3.33. The molecule has 15 heavy (non-hydrogen) atoms. The van der Waals surface area contributed by atoms with Crippen LogP contribution in [0.2, 0.25) is 0 Å². The molecule has 0 atom stereocenters. The molecule has 0 aliphatic rings. The summed E-state index contributed by atoms with van der Waals surface area (Å²) in [5.41, 5.74) is 1.40. The maximum Gasteiger partial charge on any atom is 0.338 e. The average Bonchev–Trinajstić information content (AvgIpc) is 2.54. The molecule has 0 fully saturated rings. The summed E-state index contributed by atoms with van der Waals surface area (Å²) in [6, 6.07) is 4.06. The van der Waals surface area contributed by atoms with Crippen molar-refractivity contribution in [2.24, 2.45) is 0 Å². The van der Waals surface area contributed by atoms with Crippen LogP contribution in [0.5, 0.6) is 0 Å². The highest BCUT2D eigenvalue weighted by atomic mass is 19.1. The van der Waals surface area contributed by atoms with Gasteiger partial charge in [0.05, 0.1) is 5.56 Å². The molecule has 1 aromatic heterocycles. The standard InChI is InChI=1S/C11H10FNO2/c1-2-8-10(11(14)15)7-4-3-6(12)5-9(7)13-8/h3-5,13H,2H2,1H3,(H,14,15). The third kappa shape index (κ3) is 1.48. The fourth-order valence-electron chi connectivity index (χ4n) is 1.73. The molecule has 0 aliphatic heterocycles. The molecular formula is C11H10FNO2. The molecule has 1 aromatic carbocycles. The van der Waals surface area contributed by atoms with Crippen molar-refractivity contribution in [2.75, 3.05) is 0 Å². The van der Waals surface area contributed by atoms with Gasteiger partial charge in [0.1, 0.15) is 5.82 Å². The number of rotatable bonds is 2. The van der Waals surface area contributed by atoms with Crippen LogP contribution >= 0.6 is 0 Å². The van der Waals surface area contributed by atoms with E-state index in [9.17, 15) is 9.18 Å². The van der Waals surface area contributed by atoms with E-state index in [-0.39, 0.29) is 11.4 Å². The fourth-order valence-corrected chi connectivity index (χ4v) is 1.73. The molecule has 0 amide bonds. The molecule has 0 radical (unpaired) electrons. The van der Waals surface area contributed by atoms with E-state index in [4.69, 9.17) is 5.11 Å². The van der Waals surface area contributed by atoms with Crippen molar-refractivity contribution in [2.45, 2.75) is 13.3 Å². The maximum atomic E-state index is 12.9. The van der Waals surface area contributed by atoms with Gasteiger partial charge in [0.25, 0.3) is 0 Å². The lowest BCUT2D eigenvalue weighted by Gasteiger charge is -1.94. The average molecular weight is 207 g/mol. The number of aromatic amines is 1.